The fraction of sp³-hybridized carbons (Fsp3) is 0.0215. The largest absolute Gasteiger partial charge is 0.456 e. The average Bonchev–Trinajstić information content (AvgIpc) is 1.58. The number of rotatable bonds is 9. The molecular weight excluding hydrogens is 1250 g/mol. The Balaban J connectivity index is 0.698. The van der Waals surface area contributed by atoms with Crippen LogP contribution in [0.25, 0.3) is 182 Å². The van der Waals surface area contributed by atoms with E-state index in [4.69, 9.17) is 18.2 Å². The molecule has 0 fully saturated rings. The van der Waals surface area contributed by atoms with Gasteiger partial charge in [-0.05, 0) is 178 Å². The van der Waals surface area contributed by atoms with Gasteiger partial charge in [-0.1, -0.05) is 194 Å². The summed E-state index contributed by atoms with van der Waals surface area (Å²) in [4.78, 5) is 5.75. The number of para-hydroxylation sites is 3. The zero-order valence-corrected chi connectivity index (χ0v) is 54.8. The van der Waals surface area contributed by atoms with E-state index in [-0.39, 0.29) is 6.17 Å². The van der Waals surface area contributed by atoms with Crippen LogP contribution in [0, 0.1) is 0 Å². The van der Waals surface area contributed by atoms with Gasteiger partial charge < -0.3 is 32.3 Å². The Hall–Kier alpha value is -13.5. The summed E-state index contributed by atoms with van der Waals surface area (Å²) in [5, 5.41) is 21.5. The van der Waals surface area contributed by atoms with Gasteiger partial charge in [-0.3, -0.25) is 5.32 Å². The quantitative estimate of drug-likeness (QED) is 0.150. The summed E-state index contributed by atoms with van der Waals surface area (Å²) in [5.74, 6) is 0.790. The Kier molecular flexibility index (Phi) is 12.2. The third kappa shape index (κ3) is 8.59. The Morgan fingerprint density at radius 2 is 0.618 bits per heavy atom. The van der Waals surface area contributed by atoms with Gasteiger partial charge in [0.05, 0.1) is 33.1 Å². The van der Waals surface area contributed by atoms with E-state index < -0.39 is 6.17 Å². The number of hydrogen-bond donors (Lipinski definition) is 2. The zero-order chi connectivity index (χ0) is 66.7. The van der Waals surface area contributed by atoms with Crippen molar-refractivity contribution in [1.29, 1.82) is 0 Å². The first-order valence-corrected chi connectivity index (χ1v) is 34.8. The fourth-order valence-corrected chi connectivity index (χ4v) is 16.8. The average molecular weight is 1310 g/mol. The predicted octanol–water partition coefficient (Wildman–Crippen LogP) is 24.0. The third-order valence-electron chi connectivity index (χ3n) is 21.3. The van der Waals surface area contributed by atoms with Crippen molar-refractivity contribution in [2.24, 2.45) is 4.99 Å². The molecule has 0 spiro atoms. The van der Waals surface area contributed by atoms with Gasteiger partial charge in [0, 0.05) is 87.3 Å². The van der Waals surface area contributed by atoms with Crippen molar-refractivity contribution in [3.05, 3.63) is 344 Å². The minimum atomic E-state index is -0.466. The van der Waals surface area contributed by atoms with Crippen molar-refractivity contribution in [3.63, 3.8) is 0 Å². The molecule has 21 aromatic rings. The predicted molar refractivity (Wildman–Crippen MR) is 419 cm³/mol. The number of nitrogens with one attached hydrogen (secondary N) is 2. The van der Waals surface area contributed by atoms with E-state index in [1.54, 1.807) is 0 Å². The van der Waals surface area contributed by atoms with Gasteiger partial charge in [0.2, 0.25) is 0 Å². The second kappa shape index (κ2) is 22.0. The maximum absolute atomic E-state index is 6.58. The Bertz CT molecular complexity index is 7090. The van der Waals surface area contributed by atoms with Gasteiger partial charge in [0.25, 0.3) is 0 Å². The lowest BCUT2D eigenvalue weighted by Gasteiger charge is -2.32. The van der Waals surface area contributed by atoms with E-state index in [1.807, 2.05) is 0 Å². The lowest BCUT2D eigenvalue weighted by molar-refractivity contribution is 0.409. The van der Waals surface area contributed by atoms with Crippen molar-refractivity contribution in [2.45, 2.75) is 12.3 Å². The molecule has 0 aliphatic carbocycles. The van der Waals surface area contributed by atoms with Gasteiger partial charge in [-0.15, -0.1) is 0 Å². The molecule has 0 saturated heterocycles. The van der Waals surface area contributed by atoms with Crippen molar-refractivity contribution in [1.82, 2.24) is 24.3 Å². The first-order valence-electron chi connectivity index (χ1n) is 34.8. The molecule has 0 bridgehead atoms. The molecule has 2 unspecified atom stereocenters. The number of nitrogens with zero attached hydrogens (tertiary/aromatic N) is 4. The van der Waals surface area contributed by atoms with E-state index >= 15 is 0 Å². The van der Waals surface area contributed by atoms with Gasteiger partial charge in [-0.25, -0.2) is 4.99 Å². The van der Waals surface area contributed by atoms with Crippen molar-refractivity contribution < 1.29 is 13.3 Å². The summed E-state index contributed by atoms with van der Waals surface area (Å²) in [7, 11) is 0. The molecule has 22 rings (SSSR count). The van der Waals surface area contributed by atoms with Crippen LogP contribution in [-0.2, 0) is 0 Å². The highest BCUT2D eigenvalue weighted by atomic mass is 16.3. The summed E-state index contributed by atoms with van der Waals surface area (Å²) in [6.45, 7) is 0. The molecule has 2 atom stereocenters. The summed E-state index contributed by atoms with van der Waals surface area (Å²) in [6.07, 6.45) is -0.839. The number of aliphatic imine (C=N–C) groups is 1. The first-order chi connectivity index (χ1) is 50.5. The maximum Gasteiger partial charge on any atom is 0.136 e. The van der Waals surface area contributed by atoms with Crippen molar-refractivity contribution in [2.75, 3.05) is 0 Å². The molecule has 9 heteroatoms. The Morgan fingerprint density at radius 1 is 0.255 bits per heavy atom. The van der Waals surface area contributed by atoms with Crippen molar-refractivity contribution in [3.8, 4) is 50.4 Å². The summed E-state index contributed by atoms with van der Waals surface area (Å²) >= 11 is 0. The van der Waals surface area contributed by atoms with Crippen LogP contribution >= 0.6 is 0 Å². The SMILES string of the molecule is c1ccc(-c2cccc3oc4ccc(-n5c6ccccc6c6cc(C7=NC(c8ccc9c(c8)c8ccccc8n9-c8ccc9oc%10cccc(-c%11ccccc%11)c%10c9c8)NC(c8ccc9c(c8)c8ccccc8n9-c8ccc9oc%10cccc(-c%11ccccc%11)c%10c9c8)N7)ccc65)cc4c23)cc1. The topological polar surface area (TPSA) is 90.6 Å². The van der Waals surface area contributed by atoms with E-state index in [9.17, 15) is 0 Å². The van der Waals surface area contributed by atoms with Crippen LogP contribution < -0.4 is 10.6 Å². The Labute approximate surface area is 583 Å². The van der Waals surface area contributed by atoms with Crippen LogP contribution in [0.15, 0.2) is 346 Å². The molecule has 2 N–H and O–H groups in total. The van der Waals surface area contributed by atoms with E-state index in [1.165, 1.54) is 0 Å². The molecule has 1 aliphatic rings. The number of amidine groups is 1. The number of hydrogen-bond acceptors (Lipinski definition) is 6. The Morgan fingerprint density at radius 3 is 1.05 bits per heavy atom. The van der Waals surface area contributed by atoms with Gasteiger partial charge in [0.15, 0.2) is 0 Å². The molecular formula is C93H58N6O3. The summed E-state index contributed by atoms with van der Waals surface area (Å²) < 4.78 is 26.9. The second-order valence-electron chi connectivity index (χ2n) is 26.9. The lowest BCUT2D eigenvalue weighted by atomic mass is 9.99. The molecule has 6 aromatic heterocycles. The van der Waals surface area contributed by atoms with Crippen LogP contribution in [0.4, 0.5) is 0 Å². The van der Waals surface area contributed by atoms with Crippen molar-refractivity contribution >= 4 is 137 Å². The van der Waals surface area contributed by atoms with Crippen LogP contribution in [0.5, 0.6) is 0 Å². The molecule has 0 saturated carbocycles. The van der Waals surface area contributed by atoms with Crippen LogP contribution in [0.2, 0.25) is 0 Å². The number of fused-ring (bicyclic) bond motifs is 18. The van der Waals surface area contributed by atoms with Gasteiger partial charge in [0.1, 0.15) is 51.7 Å². The smallest absolute Gasteiger partial charge is 0.136 e. The number of aromatic nitrogens is 3. The standard InChI is InChI=1S/C93H58N6O3/c1-4-19-55(20-5-1)64-28-16-34-85-88(64)73-52-61(40-46-82(73)100-85)97-76-31-13-10-25-67(76)70-49-58(37-43-79(70)97)91-94-92(59-38-44-80-71(50-59)68-26-11-14-32-77(68)98(80)62-41-47-83-74(53-62)89-65(29-17-35-86(89)101-83)56-21-6-2-7-22-56)96-93(95-91)60-39-45-81-72(51-60)69-27-12-15-33-78(69)99(81)63-42-48-84-75(54-63)90-66(30-18-36-87(90)102-84)57-23-8-3-9-24-57/h1-54,91-92,94H,(H,95,96). The summed E-state index contributed by atoms with van der Waals surface area (Å²) in [6, 6.07) is 118. The minimum Gasteiger partial charge on any atom is -0.456 e. The molecule has 9 nitrogen and oxygen atoms in total. The van der Waals surface area contributed by atoms with E-state index in [2.05, 4.69) is 352 Å². The van der Waals surface area contributed by atoms with Gasteiger partial charge in [-0.2, -0.15) is 0 Å². The highest BCUT2D eigenvalue weighted by molar-refractivity contribution is 6.19. The lowest BCUT2D eigenvalue weighted by Crippen LogP contribution is -2.44. The molecule has 1 aliphatic heterocycles. The summed E-state index contributed by atoms with van der Waals surface area (Å²) in [5.41, 5.74) is 25.0. The molecule has 102 heavy (non-hydrogen) atoms. The fourth-order valence-electron chi connectivity index (χ4n) is 16.8. The normalized spacial score (nSPS) is 14.4. The molecule has 0 amide bonds. The molecule has 7 heterocycles. The zero-order valence-electron chi connectivity index (χ0n) is 54.8. The monoisotopic (exact) mass is 1310 g/mol. The molecule has 15 aromatic carbocycles. The highest BCUT2D eigenvalue weighted by Gasteiger charge is 2.29. The third-order valence-corrected chi connectivity index (χ3v) is 21.3. The number of benzene rings is 15. The van der Waals surface area contributed by atoms with E-state index in [0.29, 0.717) is 0 Å². The maximum atomic E-state index is 6.58. The minimum absolute atomic E-state index is 0.372. The van der Waals surface area contributed by atoms with Crippen LogP contribution in [0.3, 0.4) is 0 Å². The molecule has 478 valence electrons. The first kappa shape index (κ1) is 56.5. The number of furan rings is 3. The molecule has 0 radical (unpaired) electrons. The van der Waals surface area contributed by atoms with E-state index in [0.717, 1.165) is 204 Å². The van der Waals surface area contributed by atoms with Gasteiger partial charge >= 0.3 is 0 Å². The highest BCUT2D eigenvalue weighted by Crippen LogP contribution is 2.45. The van der Waals surface area contributed by atoms with Crippen LogP contribution in [-0.4, -0.2) is 19.5 Å². The second-order valence-corrected chi connectivity index (χ2v) is 26.9. The van der Waals surface area contributed by atoms with Crippen LogP contribution in [0.1, 0.15) is 29.0 Å².